The van der Waals surface area contributed by atoms with E-state index in [-0.39, 0.29) is 12.1 Å². The number of rotatable bonds is 6. The first-order chi connectivity index (χ1) is 13.3. The van der Waals surface area contributed by atoms with E-state index in [1.807, 2.05) is 27.8 Å². The number of likely N-dealkylation sites (N-methyl/N-ethyl adjacent to an activating group) is 1. The molecule has 0 radical (unpaired) electrons. The van der Waals surface area contributed by atoms with Crippen LogP contribution in [0.5, 0.6) is 0 Å². The molecule has 0 atom stereocenters. The van der Waals surface area contributed by atoms with Crippen molar-refractivity contribution in [3.63, 3.8) is 0 Å². The Bertz CT molecular complexity index is 503. The van der Waals surface area contributed by atoms with E-state index in [0.717, 1.165) is 50.8 Å². The first-order valence-corrected chi connectivity index (χ1v) is 10.9. The van der Waals surface area contributed by atoms with Gasteiger partial charge in [0.05, 0.1) is 0 Å². The number of alkyl carbamates (subject to hydrolysis) is 1. The molecule has 0 heterocycles. The minimum atomic E-state index is -0.452. The van der Waals surface area contributed by atoms with Crippen molar-refractivity contribution in [2.75, 3.05) is 27.2 Å². The SMILES string of the molecule is CN=C(NCCN(C)C1CCCC1)NC1CCC(NC(=O)OC(C)(C)C)CC1. The molecule has 2 aliphatic carbocycles. The highest BCUT2D eigenvalue weighted by Gasteiger charge is 2.25. The molecular weight excluding hydrogens is 354 g/mol. The Morgan fingerprint density at radius 3 is 2.14 bits per heavy atom. The number of carbonyl (C=O) groups is 1. The lowest BCUT2D eigenvalue weighted by Crippen LogP contribution is -2.49. The number of hydrogen-bond acceptors (Lipinski definition) is 4. The molecule has 0 spiro atoms. The maximum atomic E-state index is 11.9. The monoisotopic (exact) mass is 395 g/mol. The number of guanidine groups is 1. The third kappa shape index (κ3) is 8.25. The number of nitrogens with zero attached hydrogens (tertiary/aromatic N) is 2. The molecule has 0 aromatic rings. The molecule has 0 aromatic heterocycles. The van der Waals surface area contributed by atoms with Gasteiger partial charge in [0.15, 0.2) is 5.96 Å². The van der Waals surface area contributed by atoms with Crippen LogP contribution in [0.3, 0.4) is 0 Å². The van der Waals surface area contributed by atoms with Crippen LogP contribution in [0.15, 0.2) is 4.99 Å². The van der Waals surface area contributed by atoms with Crippen molar-refractivity contribution >= 4 is 12.1 Å². The molecule has 2 fully saturated rings. The zero-order chi connectivity index (χ0) is 20.6. The fraction of sp³-hybridized carbons (Fsp3) is 0.905. The van der Waals surface area contributed by atoms with Gasteiger partial charge in [-0.1, -0.05) is 12.8 Å². The van der Waals surface area contributed by atoms with Gasteiger partial charge in [-0.25, -0.2) is 4.79 Å². The van der Waals surface area contributed by atoms with Gasteiger partial charge in [0.25, 0.3) is 0 Å². The van der Waals surface area contributed by atoms with Gasteiger partial charge in [0.2, 0.25) is 0 Å². The van der Waals surface area contributed by atoms with Crippen LogP contribution in [0.4, 0.5) is 4.79 Å². The maximum Gasteiger partial charge on any atom is 0.407 e. The summed E-state index contributed by atoms with van der Waals surface area (Å²) in [6, 6.07) is 1.35. The lowest BCUT2D eigenvalue weighted by molar-refractivity contribution is 0.0490. The molecule has 0 aliphatic heterocycles. The lowest BCUT2D eigenvalue weighted by atomic mass is 9.91. The first-order valence-electron chi connectivity index (χ1n) is 10.9. The summed E-state index contributed by atoms with van der Waals surface area (Å²) in [4.78, 5) is 18.8. The largest absolute Gasteiger partial charge is 0.444 e. The second-order valence-electron chi connectivity index (χ2n) is 9.26. The normalized spacial score (nSPS) is 24.3. The highest BCUT2D eigenvalue weighted by atomic mass is 16.6. The van der Waals surface area contributed by atoms with Crippen molar-refractivity contribution in [2.45, 2.75) is 95.9 Å². The van der Waals surface area contributed by atoms with Gasteiger partial charge in [-0.2, -0.15) is 0 Å². The topological polar surface area (TPSA) is 78.0 Å². The summed E-state index contributed by atoms with van der Waals surface area (Å²) in [5, 5.41) is 9.98. The van der Waals surface area contributed by atoms with Crippen LogP contribution >= 0.6 is 0 Å². The smallest absolute Gasteiger partial charge is 0.407 e. The average Bonchev–Trinajstić information content (AvgIpc) is 3.15. The van der Waals surface area contributed by atoms with Crippen LogP contribution in [-0.2, 0) is 4.74 Å². The van der Waals surface area contributed by atoms with Gasteiger partial charge in [-0.3, -0.25) is 4.99 Å². The third-order valence-electron chi connectivity index (χ3n) is 5.72. The molecule has 28 heavy (non-hydrogen) atoms. The highest BCUT2D eigenvalue weighted by molar-refractivity contribution is 5.79. The number of nitrogens with one attached hydrogen (secondary N) is 3. The van der Waals surface area contributed by atoms with Gasteiger partial charge in [0, 0.05) is 38.3 Å². The van der Waals surface area contributed by atoms with E-state index in [2.05, 4.69) is 32.9 Å². The number of carbonyl (C=O) groups excluding carboxylic acids is 1. The molecule has 2 rings (SSSR count). The summed E-state index contributed by atoms with van der Waals surface area (Å²) in [5.74, 6) is 0.878. The van der Waals surface area contributed by atoms with Crippen molar-refractivity contribution in [2.24, 2.45) is 4.99 Å². The van der Waals surface area contributed by atoms with Gasteiger partial charge in [0.1, 0.15) is 5.60 Å². The van der Waals surface area contributed by atoms with E-state index in [1.165, 1.54) is 25.7 Å². The third-order valence-corrected chi connectivity index (χ3v) is 5.72. The first kappa shape index (κ1) is 22.8. The molecule has 0 unspecified atom stereocenters. The second kappa shape index (κ2) is 10.9. The molecule has 1 amide bonds. The Hall–Kier alpha value is -1.50. The molecule has 0 aromatic carbocycles. The van der Waals surface area contributed by atoms with Gasteiger partial charge < -0.3 is 25.6 Å². The van der Waals surface area contributed by atoms with Crippen LogP contribution in [0, 0.1) is 0 Å². The fourth-order valence-corrected chi connectivity index (χ4v) is 4.12. The van der Waals surface area contributed by atoms with E-state index in [1.54, 1.807) is 0 Å². The molecule has 162 valence electrons. The van der Waals surface area contributed by atoms with Gasteiger partial charge >= 0.3 is 6.09 Å². The van der Waals surface area contributed by atoms with E-state index < -0.39 is 5.60 Å². The zero-order valence-electron chi connectivity index (χ0n) is 18.5. The van der Waals surface area contributed by atoms with Crippen molar-refractivity contribution in [1.29, 1.82) is 0 Å². The minimum Gasteiger partial charge on any atom is -0.444 e. The molecule has 0 bridgehead atoms. The van der Waals surface area contributed by atoms with Crippen molar-refractivity contribution in [3.8, 4) is 0 Å². The minimum absolute atomic E-state index is 0.197. The summed E-state index contributed by atoms with van der Waals surface area (Å²) in [6.45, 7) is 7.60. The van der Waals surface area contributed by atoms with E-state index in [4.69, 9.17) is 4.74 Å². The molecule has 2 saturated carbocycles. The summed E-state index contributed by atoms with van der Waals surface area (Å²) >= 11 is 0. The Labute approximate surface area is 171 Å². The van der Waals surface area contributed by atoms with E-state index in [0.29, 0.717) is 6.04 Å². The van der Waals surface area contributed by atoms with Crippen molar-refractivity contribution < 1.29 is 9.53 Å². The maximum absolute atomic E-state index is 11.9. The van der Waals surface area contributed by atoms with Crippen LogP contribution in [0.1, 0.15) is 72.1 Å². The standard InChI is InChI=1S/C21H41N5O2/c1-21(2,3)28-20(27)25-17-12-10-16(11-13-17)24-19(22-4)23-14-15-26(5)18-8-6-7-9-18/h16-18H,6-15H2,1-5H3,(H,25,27)(H2,22,23,24). The number of aliphatic imine (C=N–C) groups is 1. The van der Waals surface area contributed by atoms with Crippen molar-refractivity contribution in [1.82, 2.24) is 20.9 Å². The Kier molecular flexibility index (Phi) is 8.86. The van der Waals surface area contributed by atoms with E-state index in [9.17, 15) is 4.79 Å². The van der Waals surface area contributed by atoms with Crippen molar-refractivity contribution in [3.05, 3.63) is 0 Å². The molecule has 7 nitrogen and oxygen atoms in total. The summed E-state index contributed by atoms with van der Waals surface area (Å²) in [5.41, 5.74) is -0.452. The number of hydrogen-bond donors (Lipinski definition) is 3. The number of ether oxygens (including phenoxy) is 1. The quantitative estimate of drug-likeness (QED) is 0.476. The highest BCUT2D eigenvalue weighted by Crippen LogP contribution is 2.22. The summed E-state index contributed by atoms with van der Waals surface area (Å²) < 4.78 is 5.35. The molecule has 2 aliphatic rings. The predicted molar refractivity (Wildman–Crippen MR) is 115 cm³/mol. The Morgan fingerprint density at radius 1 is 1.04 bits per heavy atom. The predicted octanol–water partition coefficient (Wildman–Crippen LogP) is 2.86. The van der Waals surface area contributed by atoms with Crippen LogP contribution in [0.2, 0.25) is 0 Å². The number of amides is 1. The van der Waals surface area contributed by atoms with Crippen LogP contribution < -0.4 is 16.0 Å². The molecule has 0 saturated heterocycles. The van der Waals surface area contributed by atoms with Crippen LogP contribution in [-0.4, -0.2) is 67.9 Å². The van der Waals surface area contributed by atoms with Gasteiger partial charge in [-0.15, -0.1) is 0 Å². The summed E-state index contributed by atoms with van der Waals surface area (Å²) in [6.07, 6.45) is 9.05. The Balaban J connectivity index is 1.63. The fourth-order valence-electron chi connectivity index (χ4n) is 4.12. The summed E-state index contributed by atoms with van der Waals surface area (Å²) in [7, 11) is 4.05. The molecule has 7 heteroatoms. The molecular formula is C21H41N5O2. The zero-order valence-corrected chi connectivity index (χ0v) is 18.5. The van der Waals surface area contributed by atoms with E-state index >= 15 is 0 Å². The average molecular weight is 396 g/mol. The Morgan fingerprint density at radius 2 is 1.61 bits per heavy atom. The lowest BCUT2D eigenvalue weighted by Gasteiger charge is -2.31. The molecule has 3 N–H and O–H groups in total. The second-order valence-corrected chi connectivity index (χ2v) is 9.26. The van der Waals surface area contributed by atoms with Crippen LogP contribution in [0.25, 0.3) is 0 Å². The van der Waals surface area contributed by atoms with Gasteiger partial charge in [-0.05, 0) is 66.3 Å².